The molecule has 0 unspecified atom stereocenters. The number of methoxy groups -OCH3 is 1. The minimum atomic E-state index is -1.03. The molecule has 3 fully saturated rings. The van der Waals surface area contributed by atoms with Gasteiger partial charge in [-0.2, -0.15) is 0 Å². The molecule has 1 aromatic carbocycles. The Kier molecular flexibility index (Phi) is 7.31. The number of amides is 2. The second kappa shape index (κ2) is 10.2. The maximum absolute atomic E-state index is 13.2. The summed E-state index contributed by atoms with van der Waals surface area (Å²) in [7, 11) is 1.31. The smallest absolute Gasteiger partial charge is 0.328 e. The zero-order valence-electron chi connectivity index (χ0n) is 19.5. The third kappa shape index (κ3) is 5.20. The van der Waals surface area contributed by atoms with E-state index >= 15 is 0 Å². The van der Waals surface area contributed by atoms with Gasteiger partial charge in [-0.05, 0) is 17.9 Å². The molecular formula is C24H33N3O6. The number of esters is 1. The first-order valence-corrected chi connectivity index (χ1v) is 11.6. The number of morpholine rings is 1. The van der Waals surface area contributed by atoms with Crippen molar-refractivity contribution < 1.29 is 28.6 Å². The fourth-order valence-corrected chi connectivity index (χ4v) is 4.74. The molecule has 2 bridgehead atoms. The molecule has 0 N–H and O–H groups in total. The van der Waals surface area contributed by atoms with Crippen LogP contribution in [0.5, 0.6) is 0 Å². The van der Waals surface area contributed by atoms with Crippen LogP contribution in [0.3, 0.4) is 0 Å². The van der Waals surface area contributed by atoms with Gasteiger partial charge in [0.05, 0.1) is 13.7 Å². The van der Waals surface area contributed by atoms with E-state index in [4.69, 9.17) is 14.2 Å². The topological polar surface area (TPSA) is 88.6 Å². The summed E-state index contributed by atoms with van der Waals surface area (Å²) < 4.78 is 16.5. The highest BCUT2D eigenvalue weighted by atomic mass is 16.7. The van der Waals surface area contributed by atoms with E-state index in [9.17, 15) is 14.4 Å². The predicted octanol–water partition coefficient (Wildman–Crippen LogP) is 0.871. The molecule has 3 heterocycles. The molecule has 9 heteroatoms. The van der Waals surface area contributed by atoms with E-state index in [0.717, 1.165) is 19.6 Å². The standard InChI is InChI=1S/C24H33N3O6/c1-16(2)13-18(24(30)31-3)27-15-19-32-20(21(33-19)23(27)29)22(28)26-11-9-25(10-12-26)14-17-7-5-4-6-8-17/h4-8,16,18-21H,9-15H2,1-3H3/t18-,19-,20-,21+/m0/s1. The van der Waals surface area contributed by atoms with Crippen molar-refractivity contribution in [3.05, 3.63) is 35.9 Å². The molecule has 180 valence electrons. The third-order valence-corrected chi connectivity index (χ3v) is 6.46. The average Bonchev–Trinajstić information content (AvgIpc) is 3.19. The van der Waals surface area contributed by atoms with E-state index in [2.05, 4.69) is 17.0 Å². The number of carbonyl (C=O) groups is 3. The van der Waals surface area contributed by atoms with Crippen molar-refractivity contribution in [2.75, 3.05) is 39.8 Å². The van der Waals surface area contributed by atoms with E-state index in [-0.39, 0.29) is 24.3 Å². The number of benzene rings is 1. The average molecular weight is 460 g/mol. The quantitative estimate of drug-likeness (QED) is 0.559. The monoisotopic (exact) mass is 459 g/mol. The second-order valence-electron chi connectivity index (χ2n) is 9.29. The van der Waals surface area contributed by atoms with Gasteiger partial charge in [-0.1, -0.05) is 44.2 Å². The Bertz CT molecular complexity index is 855. The molecule has 0 spiro atoms. The van der Waals surface area contributed by atoms with Crippen LogP contribution in [0, 0.1) is 5.92 Å². The van der Waals surface area contributed by atoms with Crippen LogP contribution in [0.15, 0.2) is 30.3 Å². The zero-order valence-corrected chi connectivity index (χ0v) is 19.5. The molecule has 4 rings (SSSR count). The van der Waals surface area contributed by atoms with E-state index < -0.39 is 30.5 Å². The number of rotatable bonds is 7. The van der Waals surface area contributed by atoms with Crippen LogP contribution in [0.2, 0.25) is 0 Å². The molecule has 0 aromatic heterocycles. The molecule has 9 nitrogen and oxygen atoms in total. The normalized spacial score (nSPS) is 26.5. The van der Waals surface area contributed by atoms with Gasteiger partial charge < -0.3 is 24.0 Å². The third-order valence-electron chi connectivity index (χ3n) is 6.46. The summed E-state index contributed by atoms with van der Waals surface area (Å²) in [6.45, 7) is 7.55. The van der Waals surface area contributed by atoms with Crippen LogP contribution < -0.4 is 0 Å². The van der Waals surface area contributed by atoms with E-state index in [1.807, 2.05) is 32.0 Å². The molecular weight excluding hydrogens is 426 g/mol. The van der Waals surface area contributed by atoms with Crippen molar-refractivity contribution in [2.24, 2.45) is 5.92 Å². The van der Waals surface area contributed by atoms with Gasteiger partial charge in [0.15, 0.2) is 18.5 Å². The maximum Gasteiger partial charge on any atom is 0.328 e. The highest BCUT2D eigenvalue weighted by Crippen LogP contribution is 2.31. The highest BCUT2D eigenvalue weighted by molar-refractivity contribution is 5.94. The lowest BCUT2D eigenvalue weighted by molar-refractivity contribution is -0.174. The molecule has 3 aliphatic rings. The van der Waals surface area contributed by atoms with Gasteiger partial charge in [0, 0.05) is 32.7 Å². The summed E-state index contributed by atoms with van der Waals surface area (Å²) in [5, 5.41) is 0. The van der Waals surface area contributed by atoms with Crippen LogP contribution in [0.4, 0.5) is 0 Å². The number of piperazine rings is 1. The number of fused-ring (bicyclic) bond motifs is 2. The molecule has 3 saturated heterocycles. The van der Waals surface area contributed by atoms with Crippen molar-refractivity contribution in [1.29, 1.82) is 0 Å². The van der Waals surface area contributed by atoms with Gasteiger partial charge in [0.2, 0.25) is 0 Å². The fraction of sp³-hybridized carbons (Fsp3) is 0.625. The highest BCUT2D eigenvalue weighted by Gasteiger charge is 2.54. The summed E-state index contributed by atoms with van der Waals surface area (Å²) in [6.07, 6.45) is -2.26. The van der Waals surface area contributed by atoms with E-state index in [1.165, 1.54) is 17.6 Å². The molecule has 0 radical (unpaired) electrons. The Labute approximate surface area is 194 Å². The van der Waals surface area contributed by atoms with Crippen molar-refractivity contribution in [3.63, 3.8) is 0 Å². The first-order valence-electron chi connectivity index (χ1n) is 11.6. The number of ether oxygens (including phenoxy) is 3. The van der Waals surface area contributed by atoms with Gasteiger partial charge >= 0.3 is 5.97 Å². The van der Waals surface area contributed by atoms with Gasteiger partial charge in [0.1, 0.15) is 6.04 Å². The molecule has 1 aromatic rings. The van der Waals surface area contributed by atoms with Gasteiger partial charge in [-0.3, -0.25) is 14.5 Å². The number of hydrogen-bond donors (Lipinski definition) is 0. The largest absolute Gasteiger partial charge is 0.467 e. The molecule has 0 aliphatic carbocycles. The summed E-state index contributed by atoms with van der Waals surface area (Å²) in [4.78, 5) is 44.4. The lowest BCUT2D eigenvalue weighted by atomic mass is 10.0. The summed E-state index contributed by atoms with van der Waals surface area (Å²) in [5.41, 5.74) is 1.24. The first-order chi connectivity index (χ1) is 15.9. The van der Waals surface area contributed by atoms with Crippen LogP contribution in [0.1, 0.15) is 25.8 Å². The van der Waals surface area contributed by atoms with E-state index in [0.29, 0.717) is 19.5 Å². The van der Waals surface area contributed by atoms with Gasteiger partial charge in [-0.15, -0.1) is 0 Å². The van der Waals surface area contributed by atoms with Crippen molar-refractivity contribution in [2.45, 2.75) is 51.4 Å². The van der Waals surface area contributed by atoms with Crippen molar-refractivity contribution in [3.8, 4) is 0 Å². The maximum atomic E-state index is 13.2. The number of hydrogen-bond acceptors (Lipinski definition) is 7. The Morgan fingerprint density at radius 2 is 1.79 bits per heavy atom. The Hall–Kier alpha value is -2.49. The Morgan fingerprint density at radius 1 is 1.09 bits per heavy atom. The molecule has 2 amide bonds. The SMILES string of the molecule is COC(=O)[C@H](CC(C)C)N1C[C@H]2O[C@H](C(=O)N3CCN(Cc4ccccc4)CC3)[C@@H](O2)C1=O. The summed E-state index contributed by atoms with van der Waals surface area (Å²) in [6, 6.07) is 9.53. The molecule has 33 heavy (non-hydrogen) atoms. The number of carbonyl (C=O) groups excluding carboxylic acids is 3. The van der Waals surface area contributed by atoms with Gasteiger partial charge in [-0.25, -0.2) is 4.79 Å². The van der Waals surface area contributed by atoms with Crippen LogP contribution >= 0.6 is 0 Å². The Balaban J connectivity index is 1.37. The Morgan fingerprint density at radius 3 is 2.42 bits per heavy atom. The van der Waals surface area contributed by atoms with Crippen LogP contribution in [0.25, 0.3) is 0 Å². The van der Waals surface area contributed by atoms with E-state index in [1.54, 1.807) is 4.90 Å². The van der Waals surface area contributed by atoms with Crippen molar-refractivity contribution >= 4 is 17.8 Å². The lowest BCUT2D eigenvalue weighted by Crippen LogP contribution is -2.58. The predicted molar refractivity (Wildman–Crippen MR) is 119 cm³/mol. The van der Waals surface area contributed by atoms with Crippen LogP contribution in [-0.2, 0) is 35.1 Å². The summed E-state index contributed by atoms with van der Waals surface area (Å²) in [5.74, 6) is -0.889. The number of nitrogens with zero attached hydrogens (tertiary/aromatic N) is 3. The molecule has 3 aliphatic heterocycles. The summed E-state index contributed by atoms with van der Waals surface area (Å²) >= 11 is 0. The van der Waals surface area contributed by atoms with Gasteiger partial charge in [0.25, 0.3) is 11.8 Å². The van der Waals surface area contributed by atoms with Crippen molar-refractivity contribution in [1.82, 2.24) is 14.7 Å². The first kappa shape index (κ1) is 23.7. The zero-order chi connectivity index (χ0) is 23.5. The second-order valence-corrected chi connectivity index (χ2v) is 9.29. The molecule has 4 atom stereocenters. The fourth-order valence-electron chi connectivity index (χ4n) is 4.74. The minimum absolute atomic E-state index is 0.108. The van der Waals surface area contributed by atoms with Crippen LogP contribution in [-0.4, -0.2) is 96.9 Å². The lowest BCUT2D eigenvalue weighted by Gasteiger charge is -2.37. The minimum Gasteiger partial charge on any atom is -0.467 e. The molecule has 0 saturated carbocycles.